The maximum atomic E-state index is 11.7. The normalized spacial score (nSPS) is 42.0. The van der Waals surface area contributed by atoms with Gasteiger partial charge < -0.3 is 114 Å². The van der Waals surface area contributed by atoms with Gasteiger partial charge in [-0.25, -0.2) is 0 Å². The van der Waals surface area contributed by atoms with Crippen LogP contribution in [-0.2, 0) is 47.4 Å². The molecule has 23 heteroatoms. The summed E-state index contributed by atoms with van der Waals surface area (Å²) in [7, 11) is 0. The van der Waals surface area contributed by atoms with Crippen LogP contribution in [0.15, 0.2) is 0 Å². The first-order valence-electron chi connectivity index (χ1n) is 29.7. The third-order valence-electron chi connectivity index (χ3n) is 17.2. The van der Waals surface area contributed by atoms with E-state index in [4.69, 9.17) is 47.4 Å². The molecule has 0 spiro atoms. The average Bonchev–Trinajstić information content (AvgIpc) is 4.01. The SMILES string of the molecule is CCCCCCCCCCCOCC1C2C[C@@H](C1COCCCCCCCCCCC)[C@@H](O[C@@H]1OC(CO)[C@@H](O[C@H]3OC(CO)[C@@H](O)[C@H](O)C3O)[C@H](O)C1O)C2O[C@@H]1OC(CO)[C@@H](O[C@H]2OC(CO)[C@@H](O)[C@H](O)C2O)CC1O. The van der Waals surface area contributed by atoms with Crippen LogP contribution in [0.5, 0.6) is 0 Å². The maximum Gasteiger partial charge on any atom is 0.187 e. The molecule has 25 atom stereocenters. The Morgan fingerprint density at radius 1 is 0.346 bits per heavy atom. The molecule has 23 nitrogen and oxygen atoms in total. The second-order valence-electron chi connectivity index (χ2n) is 22.8. The number of aliphatic hydroxyl groups excluding tert-OH is 13. The van der Waals surface area contributed by atoms with Crippen LogP contribution in [0.3, 0.4) is 0 Å². The van der Waals surface area contributed by atoms with Gasteiger partial charge in [0.05, 0.1) is 58.0 Å². The van der Waals surface area contributed by atoms with E-state index >= 15 is 0 Å². The molecule has 13 N–H and O–H groups in total. The van der Waals surface area contributed by atoms with Crippen molar-refractivity contribution in [3.05, 3.63) is 0 Å². The maximum absolute atomic E-state index is 11.7. The van der Waals surface area contributed by atoms with Crippen LogP contribution in [0.2, 0.25) is 0 Å². The molecule has 6 fully saturated rings. The molecule has 0 amide bonds. The predicted octanol–water partition coefficient (Wildman–Crippen LogP) is 0.0111. The van der Waals surface area contributed by atoms with Crippen molar-refractivity contribution in [1.82, 2.24) is 0 Å². The van der Waals surface area contributed by atoms with Gasteiger partial charge in [-0.15, -0.1) is 0 Å². The van der Waals surface area contributed by atoms with E-state index in [2.05, 4.69) is 13.8 Å². The van der Waals surface area contributed by atoms with E-state index < -0.39 is 155 Å². The molecule has 78 heavy (non-hydrogen) atoms. The summed E-state index contributed by atoms with van der Waals surface area (Å²) in [6.07, 6.45) is -10.4. The highest BCUT2D eigenvalue weighted by atomic mass is 16.8. The highest BCUT2D eigenvalue weighted by Gasteiger charge is 2.62. The van der Waals surface area contributed by atoms with Gasteiger partial charge in [-0.3, -0.25) is 0 Å². The summed E-state index contributed by atoms with van der Waals surface area (Å²) in [5, 5.41) is 139. The second-order valence-corrected chi connectivity index (χ2v) is 22.8. The molecule has 2 aliphatic carbocycles. The first-order chi connectivity index (χ1) is 37.7. The van der Waals surface area contributed by atoms with Gasteiger partial charge in [0.15, 0.2) is 25.2 Å². The van der Waals surface area contributed by atoms with Crippen molar-refractivity contribution in [2.75, 3.05) is 52.9 Å². The third kappa shape index (κ3) is 17.6. The number of ether oxygens (including phenoxy) is 10. The monoisotopic (exact) mass is 1130 g/mol. The van der Waals surface area contributed by atoms with Crippen LogP contribution in [-0.4, -0.2) is 248 Å². The van der Waals surface area contributed by atoms with Crippen molar-refractivity contribution in [3.63, 3.8) is 0 Å². The van der Waals surface area contributed by atoms with E-state index in [1.54, 1.807) is 0 Å². The zero-order chi connectivity index (χ0) is 56.3. The Hall–Kier alpha value is -0.920. The molecule has 0 aromatic carbocycles. The number of unbranched alkanes of at least 4 members (excludes halogenated alkanes) is 16. The van der Waals surface area contributed by atoms with Crippen molar-refractivity contribution in [1.29, 1.82) is 0 Å². The van der Waals surface area contributed by atoms with Crippen LogP contribution in [0.1, 0.15) is 142 Å². The van der Waals surface area contributed by atoms with Gasteiger partial charge in [0.1, 0.15) is 85.5 Å². The number of fused-ring (bicyclic) bond motifs is 2. The van der Waals surface area contributed by atoms with Gasteiger partial charge >= 0.3 is 0 Å². The summed E-state index contributed by atoms with van der Waals surface area (Å²) in [5.41, 5.74) is 0. The van der Waals surface area contributed by atoms with Crippen molar-refractivity contribution in [3.8, 4) is 0 Å². The topological polar surface area (TPSA) is 355 Å². The van der Waals surface area contributed by atoms with E-state index in [0.717, 1.165) is 38.5 Å². The molecule has 458 valence electrons. The van der Waals surface area contributed by atoms with Crippen molar-refractivity contribution < 1.29 is 114 Å². The fourth-order valence-electron chi connectivity index (χ4n) is 12.5. The molecule has 4 aliphatic heterocycles. The zero-order valence-electron chi connectivity index (χ0n) is 46.1. The van der Waals surface area contributed by atoms with Crippen molar-refractivity contribution in [2.24, 2.45) is 23.7 Å². The summed E-state index contributed by atoms with van der Waals surface area (Å²) in [6.45, 7) is 3.36. The Morgan fingerprint density at radius 2 is 0.705 bits per heavy atom. The summed E-state index contributed by atoms with van der Waals surface area (Å²) in [4.78, 5) is 0. The first-order valence-corrected chi connectivity index (χ1v) is 29.7. The minimum absolute atomic E-state index is 0.137. The van der Waals surface area contributed by atoms with Crippen molar-refractivity contribution in [2.45, 2.75) is 271 Å². The lowest BCUT2D eigenvalue weighted by Gasteiger charge is -2.48. The molecule has 6 rings (SSSR count). The molecule has 4 heterocycles. The Bertz CT molecular complexity index is 1600. The molecule has 2 bridgehead atoms. The largest absolute Gasteiger partial charge is 0.394 e. The summed E-state index contributed by atoms with van der Waals surface area (Å²) in [6, 6.07) is 0. The number of hydrogen-bond donors (Lipinski definition) is 13. The predicted molar refractivity (Wildman–Crippen MR) is 276 cm³/mol. The van der Waals surface area contributed by atoms with Gasteiger partial charge in [-0.2, -0.15) is 0 Å². The van der Waals surface area contributed by atoms with E-state index in [1.807, 2.05) is 0 Å². The quantitative estimate of drug-likeness (QED) is 0.0368. The number of hydrogen-bond acceptors (Lipinski definition) is 23. The van der Waals surface area contributed by atoms with Crippen molar-refractivity contribution >= 4 is 0 Å². The Kier molecular flexibility index (Phi) is 29.0. The Balaban J connectivity index is 1.19. The van der Waals surface area contributed by atoms with Gasteiger partial charge in [-0.05, 0) is 42.9 Å². The summed E-state index contributed by atoms with van der Waals surface area (Å²) < 4.78 is 61.6. The number of rotatable bonds is 36. The van der Waals surface area contributed by atoms with Crippen LogP contribution in [0.25, 0.3) is 0 Å². The van der Waals surface area contributed by atoms with E-state index in [9.17, 15) is 66.4 Å². The van der Waals surface area contributed by atoms with Gasteiger partial charge in [0.25, 0.3) is 0 Å². The molecule has 2 saturated carbocycles. The molecular weight excluding hydrogens is 1030 g/mol. The molecule has 0 aromatic heterocycles. The number of aliphatic hydroxyl groups is 13. The Labute approximate surface area is 460 Å². The smallest absolute Gasteiger partial charge is 0.187 e. The first kappa shape index (κ1) is 66.2. The van der Waals surface area contributed by atoms with Crippen LogP contribution >= 0.6 is 0 Å². The van der Waals surface area contributed by atoms with Crippen LogP contribution in [0.4, 0.5) is 0 Å². The van der Waals surface area contributed by atoms with Crippen LogP contribution in [0, 0.1) is 23.7 Å². The standard InChI is InChI=1S/C55H100O23/c1-3-5-7-9-11-13-15-17-19-21-69-29-33-31-23-32(34(33)30-70-22-20-18-16-14-12-10-8-6-4-2)50(77-55-48(68)45(65)51(40(28-59)75-55)78-54-47(67)44(64)42(62)39(27-58)74-54)49(31)76-52-35(60)24-36(37(25-56)72-52)71-53-46(66)43(63)41(61)38(26-57)73-53/h31-68H,3-30H2,1-2H3/t31?,32-,33?,34?,35?,36-,37?,38?,39?,40?,41+,42+,43-,44-,45+,46?,47?,48?,49?,50+,51+,52-,53-,54+,55-/m0/s1. The summed E-state index contributed by atoms with van der Waals surface area (Å²) in [5.74, 6) is -0.925. The van der Waals surface area contributed by atoms with Gasteiger partial charge in [0, 0.05) is 19.6 Å². The lowest BCUT2D eigenvalue weighted by molar-refractivity contribution is -0.372. The summed E-state index contributed by atoms with van der Waals surface area (Å²) >= 11 is 0. The molecule has 6 aliphatic rings. The van der Waals surface area contributed by atoms with E-state index in [-0.39, 0.29) is 30.1 Å². The fourth-order valence-corrected chi connectivity index (χ4v) is 12.5. The molecule has 4 saturated heterocycles. The Morgan fingerprint density at radius 3 is 1.14 bits per heavy atom. The second kappa shape index (κ2) is 34.1. The van der Waals surface area contributed by atoms with E-state index in [0.29, 0.717) is 32.8 Å². The molecular formula is C55H100O23. The average molecular weight is 1130 g/mol. The van der Waals surface area contributed by atoms with Gasteiger partial charge in [-0.1, -0.05) is 117 Å². The lowest BCUT2D eigenvalue weighted by atomic mass is 9.76. The fraction of sp³-hybridized carbons (Fsp3) is 1.00. The van der Waals surface area contributed by atoms with E-state index in [1.165, 1.54) is 77.0 Å². The molecule has 0 radical (unpaired) electrons. The highest BCUT2D eigenvalue weighted by molar-refractivity contribution is 5.09. The lowest BCUT2D eigenvalue weighted by Crippen LogP contribution is -2.65. The highest BCUT2D eigenvalue weighted by Crippen LogP contribution is 2.56. The minimum atomic E-state index is -1.86. The zero-order valence-corrected chi connectivity index (χ0v) is 46.1. The van der Waals surface area contributed by atoms with Crippen LogP contribution < -0.4 is 0 Å². The molecule has 12 unspecified atom stereocenters. The molecule has 0 aromatic rings. The minimum Gasteiger partial charge on any atom is -0.394 e. The van der Waals surface area contributed by atoms with Gasteiger partial charge in [0.2, 0.25) is 0 Å². The third-order valence-corrected chi connectivity index (χ3v) is 17.2.